The molecule has 0 aromatic heterocycles. The minimum absolute atomic E-state index is 0.167. The predicted octanol–water partition coefficient (Wildman–Crippen LogP) is 1.11. The molecule has 1 aliphatic heterocycles. The van der Waals surface area contributed by atoms with Gasteiger partial charge in [0.05, 0.1) is 0 Å². The number of carboxylic acid groups (broad SMARTS) is 1. The van der Waals surface area contributed by atoms with Crippen LogP contribution in [0.4, 0.5) is 0 Å². The van der Waals surface area contributed by atoms with Crippen LogP contribution in [-0.4, -0.2) is 35.0 Å². The van der Waals surface area contributed by atoms with Gasteiger partial charge in [-0.2, -0.15) is 0 Å². The highest BCUT2D eigenvalue weighted by Gasteiger charge is 2.22. The van der Waals surface area contributed by atoms with Crippen LogP contribution in [0.2, 0.25) is 0 Å². The van der Waals surface area contributed by atoms with Crippen LogP contribution in [0.15, 0.2) is 0 Å². The summed E-state index contributed by atoms with van der Waals surface area (Å²) >= 11 is 0. The van der Waals surface area contributed by atoms with Crippen molar-refractivity contribution in [3.05, 3.63) is 0 Å². The number of amides is 1. The van der Waals surface area contributed by atoms with Crippen molar-refractivity contribution in [3.8, 4) is 0 Å². The summed E-state index contributed by atoms with van der Waals surface area (Å²) in [5.41, 5.74) is 0. The molecule has 0 saturated carbocycles. The van der Waals surface area contributed by atoms with Gasteiger partial charge >= 0.3 is 5.97 Å². The van der Waals surface area contributed by atoms with Gasteiger partial charge in [-0.05, 0) is 25.7 Å². The Hall–Kier alpha value is -1.06. The van der Waals surface area contributed by atoms with Crippen molar-refractivity contribution in [2.24, 2.45) is 5.92 Å². The highest BCUT2D eigenvalue weighted by atomic mass is 16.4. The molecule has 0 bridgehead atoms. The van der Waals surface area contributed by atoms with Crippen LogP contribution in [0.5, 0.6) is 0 Å². The summed E-state index contributed by atoms with van der Waals surface area (Å²) < 4.78 is 0. The number of hydrogen-bond acceptors (Lipinski definition) is 2. The van der Waals surface area contributed by atoms with E-state index < -0.39 is 5.97 Å². The second-order valence-electron chi connectivity index (χ2n) is 3.76. The van der Waals surface area contributed by atoms with Crippen molar-refractivity contribution in [1.29, 1.82) is 0 Å². The average molecular weight is 199 g/mol. The minimum Gasteiger partial charge on any atom is -0.481 e. The molecule has 4 nitrogen and oxygen atoms in total. The van der Waals surface area contributed by atoms with Crippen molar-refractivity contribution in [2.75, 3.05) is 13.1 Å². The van der Waals surface area contributed by atoms with Gasteiger partial charge in [0.15, 0.2) is 0 Å². The molecule has 1 saturated heterocycles. The molecule has 1 atom stereocenters. The maximum Gasteiger partial charge on any atom is 0.303 e. The van der Waals surface area contributed by atoms with Gasteiger partial charge in [0, 0.05) is 25.9 Å². The second kappa shape index (κ2) is 4.98. The van der Waals surface area contributed by atoms with E-state index in [0.29, 0.717) is 13.0 Å². The fourth-order valence-electron chi connectivity index (χ4n) is 1.88. The Balaban J connectivity index is 2.47. The molecule has 1 rings (SSSR count). The Morgan fingerprint density at radius 1 is 1.57 bits per heavy atom. The largest absolute Gasteiger partial charge is 0.481 e. The fourth-order valence-corrected chi connectivity index (χ4v) is 1.88. The zero-order chi connectivity index (χ0) is 10.6. The smallest absolute Gasteiger partial charge is 0.303 e. The van der Waals surface area contributed by atoms with Crippen LogP contribution < -0.4 is 0 Å². The van der Waals surface area contributed by atoms with Crippen molar-refractivity contribution < 1.29 is 14.7 Å². The Labute approximate surface area is 83.9 Å². The summed E-state index contributed by atoms with van der Waals surface area (Å²) in [6.07, 6.45) is 2.25. The molecular weight excluding hydrogens is 182 g/mol. The normalized spacial score (nSPS) is 23.4. The number of rotatable bonds is 3. The maximum absolute atomic E-state index is 11.5. The standard InChI is InChI=1S/C10H17NO3/c1-2-11-6-5-8(7-10(13)14)3-4-9(11)12/h8H,2-7H2,1H3,(H,13,14). The van der Waals surface area contributed by atoms with E-state index in [0.717, 1.165) is 19.4 Å². The third-order valence-corrected chi connectivity index (χ3v) is 2.77. The Morgan fingerprint density at radius 3 is 2.86 bits per heavy atom. The van der Waals surface area contributed by atoms with Gasteiger partial charge < -0.3 is 10.0 Å². The lowest BCUT2D eigenvalue weighted by Crippen LogP contribution is -2.29. The molecule has 1 unspecified atom stereocenters. The average Bonchev–Trinajstić information content (AvgIpc) is 2.28. The number of carboxylic acids is 1. The Morgan fingerprint density at radius 2 is 2.29 bits per heavy atom. The highest BCUT2D eigenvalue weighted by Crippen LogP contribution is 2.21. The van der Waals surface area contributed by atoms with Crippen LogP contribution in [0.1, 0.15) is 32.6 Å². The number of likely N-dealkylation sites (tertiary alicyclic amines) is 1. The molecule has 4 heteroatoms. The van der Waals surface area contributed by atoms with Crippen LogP contribution >= 0.6 is 0 Å². The third kappa shape index (κ3) is 3.01. The summed E-state index contributed by atoms with van der Waals surface area (Å²) in [5.74, 6) is -0.416. The molecule has 1 heterocycles. The molecule has 0 spiro atoms. The molecule has 1 N–H and O–H groups in total. The van der Waals surface area contributed by atoms with Crippen molar-refractivity contribution in [2.45, 2.75) is 32.6 Å². The van der Waals surface area contributed by atoms with Crippen LogP contribution in [-0.2, 0) is 9.59 Å². The van der Waals surface area contributed by atoms with Crippen molar-refractivity contribution in [1.82, 2.24) is 4.90 Å². The van der Waals surface area contributed by atoms with E-state index >= 15 is 0 Å². The molecule has 1 aliphatic rings. The molecule has 0 aromatic carbocycles. The predicted molar refractivity (Wildman–Crippen MR) is 51.8 cm³/mol. The molecule has 14 heavy (non-hydrogen) atoms. The summed E-state index contributed by atoms with van der Waals surface area (Å²) in [6.45, 7) is 3.40. The molecule has 0 radical (unpaired) electrons. The number of nitrogens with zero attached hydrogens (tertiary/aromatic N) is 1. The van der Waals surface area contributed by atoms with Gasteiger partial charge in [0.2, 0.25) is 5.91 Å². The summed E-state index contributed by atoms with van der Waals surface area (Å²) in [7, 11) is 0. The van der Waals surface area contributed by atoms with Gasteiger partial charge in [-0.3, -0.25) is 9.59 Å². The highest BCUT2D eigenvalue weighted by molar-refractivity contribution is 5.76. The number of carbonyl (C=O) groups is 2. The zero-order valence-corrected chi connectivity index (χ0v) is 8.53. The molecule has 0 aromatic rings. The Kier molecular flexibility index (Phi) is 3.92. The van der Waals surface area contributed by atoms with E-state index in [1.807, 2.05) is 11.8 Å². The van der Waals surface area contributed by atoms with Crippen LogP contribution in [0.25, 0.3) is 0 Å². The monoisotopic (exact) mass is 199 g/mol. The first-order chi connectivity index (χ1) is 6.63. The van der Waals surface area contributed by atoms with Gasteiger partial charge in [-0.15, -0.1) is 0 Å². The van der Waals surface area contributed by atoms with Gasteiger partial charge in [-0.1, -0.05) is 0 Å². The SMILES string of the molecule is CCN1CCC(CC(=O)O)CCC1=O. The van der Waals surface area contributed by atoms with Gasteiger partial charge in [0.1, 0.15) is 0 Å². The van der Waals surface area contributed by atoms with E-state index in [-0.39, 0.29) is 18.2 Å². The molecule has 80 valence electrons. The first-order valence-electron chi connectivity index (χ1n) is 5.13. The number of carbonyl (C=O) groups excluding carboxylic acids is 1. The summed E-state index contributed by atoms with van der Waals surface area (Å²) in [6, 6.07) is 0. The molecule has 1 amide bonds. The molecule has 0 aliphatic carbocycles. The molecule has 1 fully saturated rings. The van der Waals surface area contributed by atoms with Crippen molar-refractivity contribution >= 4 is 11.9 Å². The maximum atomic E-state index is 11.5. The topological polar surface area (TPSA) is 57.6 Å². The minimum atomic E-state index is -0.757. The Bertz CT molecular complexity index is 227. The van der Waals surface area contributed by atoms with Crippen molar-refractivity contribution in [3.63, 3.8) is 0 Å². The van der Waals surface area contributed by atoms with Crippen LogP contribution in [0.3, 0.4) is 0 Å². The quantitative estimate of drug-likeness (QED) is 0.740. The van der Waals surface area contributed by atoms with E-state index in [1.165, 1.54) is 0 Å². The summed E-state index contributed by atoms with van der Waals surface area (Å²) in [4.78, 5) is 23.8. The van der Waals surface area contributed by atoms with E-state index in [9.17, 15) is 9.59 Å². The second-order valence-corrected chi connectivity index (χ2v) is 3.76. The third-order valence-electron chi connectivity index (χ3n) is 2.77. The van der Waals surface area contributed by atoms with Crippen LogP contribution in [0, 0.1) is 5.92 Å². The van der Waals surface area contributed by atoms with E-state index in [1.54, 1.807) is 0 Å². The lowest BCUT2D eigenvalue weighted by atomic mass is 9.97. The van der Waals surface area contributed by atoms with E-state index in [2.05, 4.69) is 0 Å². The first-order valence-corrected chi connectivity index (χ1v) is 5.13. The number of hydrogen-bond donors (Lipinski definition) is 1. The molecular formula is C10H17NO3. The van der Waals surface area contributed by atoms with Gasteiger partial charge in [-0.25, -0.2) is 0 Å². The fraction of sp³-hybridized carbons (Fsp3) is 0.800. The van der Waals surface area contributed by atoms with E-state index in [4.69, 9.17) is 5.11 Å². The zero-order valence-electron chi connectivity index (χ0n) is 8.53. The lowest BCUT2D eigenvalue weighted by Gasteiger charge is -2.17. The van der Waals surface area contributed by atoms with Gasteiger partial charge in [0.25, 0.3) is 0 Å². The first kappa shape index (κ1) is 11.0. The summed E-state index contributed by atoms with van der Waals surface area (Å²) in [5, 5.41) is 8.65. The number of aliphatic carboxylic acids is 1. The lowest BCUT2D eigenvalue weighted by molar-refractivity contribution is -0.138.